The van der Waals surface area contributed by atoms with E-state index in [1.165, 1.54) is 6.07 Å². The van der Waals surface area contributed by atoms with Gasteiger partial charge in [-0.2, -0.15) is 0 Å². The van der Waals surface area contributed by atoms with Crippen LogP contribution in [-0.2, 0) is 20.7 Å². The van der Waals surface area contributed by atoms with E-state index in [0.29, 0.717) is 49.3 Å². The lowest BCUT2D eigenvalue weighted by atomic mass is 9.93. The number of aliphatic hydroxyl groups is 1. The highest BCUT2D eigenvalue weighted by Gasteiger charge is 2.31. The molecule has 6 rings (SSSR count). The van der Waals surface area contributed by atoms with Crippen molar-refractivity contribution in [3.8, 4) is 16.9 Å². The summed E-state index contributed by atoms with van der Waals surface area (Å²) in [5.41, 5.74) is 4.55. The second kappa shape index (κ2) is 15.6. The number of nitrogens with one attached hydrogen (secondary N) is 4. The Labute approximate surface area is 281 Å². The van der Waals surface area contributed by atoms with Gasteiger partial charge in [-0.15, -0.1) is 0 Å². The average molecular weight is 656 g/mol. The maximum absolute atomic E-state index is 12.9. The molecule has 3 amide bonds. The van der Waals surface area contributed by atoms with E-state index >= 15 is 0 Å². The van der Waals surface area contributed by atoms with Crippen LogP contribution in [0.1, 0.15) is 55.8 Å². The Bertz CT molecular complexity index is 1590. The van der Waals surface area contributed by atoms with Crippen molar-refractivity contribution in [2.24, 2.45) is 5.92 Å². The summed E-state index contributed by atoms with van der Waals surface area (Å²) in [5, 5.41) is 33.2. The van der Waals surface area contributed by atoms with Crippen LogP contribution >= 0.6 is 0 Å². The molecule has 0 radical (unpaired) electrons. The molecule has 1 saturated carbocycles. The van der Waals surface area contributed by atoms with Gasteiger partial charge < -0.3 is 35.8 Å². The molecule has 0 aromatic heterocycles. The molecule has 3 aromatic rings. The number of aromatic hydroxyl groups is 1. The third-order valence-electron chi connectivity index (χ3n) is 9.74. The number of phenols is 1. The van der Waals surface area contributed by atoms with Crippen molar-refractivity contribution in [3.63, 3.8) is 0 Å². The molecule has 0 bridgehead atoms. The maximum Gasteiger partial charge on any atom is 0.411 e. The third kappa shape index (κ3) is 8.33. The van der Waals surface area contributed by atoms with Gasteiger partial charge in [0.25, 0.3) is 0 Å². The molecule has 1 aliphatic carbocycles. The van der Waals surface area contributed by atoms with Crippen LogP contribution in [0.4, 0.5) is 16.2 Å². The van der Waals surface area contributed by atoms with Crippen molar-refractivity contribution in [1.29, 1.82) is 0 Å². The summed E-state index contributed by atoms with van der Waals surface area (Å²) in [7, 11) is 0. The fourth-order valence-corrected chi connectivity index (χ4v) is 7.09. The largest absolute Gasteiger partial charge is 0.506 e. The molecule has 6 N–H and O–H groups in total. The summed E-state index contributed by atoms with van der Waals surface area (Å²) >= 11 is 0. The predicted octanol–water partition coefficient (Wildman–Crippen LogP) is 4.56. The van der Waals surface area contributed by atoms with E-state index in [1.807, 2.05) is 54.6 Å². The third-order valence-corrected chi connectivity index (χ3v) is 9.74. The quantitative estimate of drug-likeness (QED) is 0.165. The number of carbonyl (C=O) groups excluding carboxylic acids is 3. The molecule has 3 aromatic carbocycles. The first-order chi connectivity index (χ1) is 23.3. The van der Waals surface area contributed by atoms with E-state index in [4.69, 9.17) is 4.74 Å². The Morgan fingerprint density at radius 2 is 1.73 bits per heavy atom. The first-order valence-corrected chi connectivity index (χ1v) is 17.0. The summed E-state index contributed by atoms with van der Waals surface area (Å²) < 4.78 is 5.75. The predicted molar refractivity (Wildman–Crippen MR) is 184 cm³/mol. The molecule has 3 atom stereocenters. The number of fused-ring (bicyclic) bond motifs is 1. The number of nitrogens with zero attached hydrogens (tertiary/aromatic N) is 1. The highest BCUT2D eigenvalue weighted by molar-refractivity contribution is 5.96. The minimum atomic E-state index is -0.789. The van der Waals surface area contributed by atoms with Gasteiger partial charge in [-0.05, 0) is 67.3 Å². The number of aliphatic hydroxyl groups excluding tert-OH is 1. The standard InChI is InChI=1S/C37H45N5O6/c43-32-14-12-29(30-13-15-34(45)41-35(30)32)33(44)23-39-26-11-10-25(22-26)36(46)38-18-21-42-19-16-27(17-20-42)48-37(47)40-31-9-5-4-8-28(31)24-6-2-1-3-7-24/h1-9,12,14,25-27,33,39,43-44H,10-11,13,15-23H2,(H,38,46)(H,40,47)(H,41,45)/t25-,26+,33-/m1/s1. The van der Waals surface area contributed by atoms with Gasteiger partial charge in [-0.3, -0.25) is 14.9 Å². The van der Waals surface area contributed by atoms with Crippen molar-refractivity contribution >= 4 is 29.3 Å². The minimum absolute atomic E-state index is 0.00615. The van der Waals surface area contributed by atoms with Gasteiger partial charge in [0.1, 0.15) is 11.9 Å². The second-order valence-corrected chi connectivity index (χ2v) is 13.0. The highest BCUT2D eigenvalue weighted by atomic mass is 16.6. The van der Waals surface area contributed by atoms with Crippen molar-refractivity contribution in [1.82, 2.24) is 15.5 Å². The Kier molecular flexibility index (Phi) is 10.9. The molecule has 0 unspecified atom stereocenters. The van der Waals surface area contributed by atoms with Crippen molar-refractivity contribution in [3.05, 3.63) is 77.9 Å². The molecule has 11 nitrogen and oxygen atoms in total. The van der Waals surface area contributed by atoms with Crippen molar-refractivity contribution < 1.29 is 29.3 Å². The Morgan fingerprint density at radius 1 is 0.958 bits per heavy atom. The number of phenolic OH excluding ortho intramolecular Hbond substituents is 1. The number of piperidine rings is 1. The number of anilines is 2. The van der Waals surface area contributed by atoms with E-state index in [9.17, 15) is 24.6 Å². The summed E-state index contributed by atoms with van der Waals surface area (Å²) in [4.78, 5) is 39.7. The number of likely N-dealkylation sites (tertiary alicyclic amines) is 1. The van der Waals surface area contributed by atoms with Crippen LogP contribution in [-0.4, -0.2) is 77.9 Å². The summed E-state index contributed by atoms with van der Waals surface area (Å²) in [6.07, 6.45) is 3.25. The average Bonchev–Trinajstić information content (AvgIpc) is 3.58. The first kappa shape index (κ1) is 33.5. The smallest absolute Gasteiger partial charge is 0.411 e. The van der Waals surface area contributed by atoms with Gasteiger partial charge in [0.2, 0.25) is 11.8 Å². The molecule has 2 aliphatic heterocycles. The molecular formula is C37H45N5O6. The zero-order chi connectivity index (χ0) is 33.5. The lowest BCUT2D eigenvalue weighted by molar-refractivity contribution is -0.125. The number of hydrogen-bond acceptors (Lipinski definition) is 8. The first-order valence-electron chi connectivity index (χ1n) is 17.0. The fourth-order valence-electron chi connectivity index (χ4n) is 7.09. The van der Waals surface area contributed by atoms with Gasteiger partial charge in [0.15, 0.2) is 0 Å². The molecule has 0 spiro atoms. The molecule has 3 aliphatic rings. The fraction of sp³-hybridized carbons (Fsp3) is 0.432. The van der Waals surface area contributed by atoms with Gasteiger partial charge in [-0.1, -0.05) is 54.6 Å². The number of hydrogen-bond donors (Lipinski definition) is 6. The highest BCUT2D eigenvalue weighted by Crippen LogP contribution is 2.37. The number of carbonyl (C=O) groups is 3. The number of para-hydroxylation sites is 1. The Hall–Kier alpha value is -4.45. The SMILES string of the molecule is O=C1CCc2c([C@H](O)CN[C@H]3CC[C@@H](C(=O)NCCN4CCC(OC(=O)Nc5ccccc5-c5ccccc5)CC4)C3)ccc(O)c2N1. The van der Waals surface area contributed by atoms with Crippen LogP contribution in [0.5, 0.6) is 5.75 Å². The van der Waals surface area contributed by atoms with Crippen LogP contribution in [0.15, 0.2) is 66.7 Å². The lowest BCUT2D eigenvalue weighted by Gasteiger charge is -2.31. The molecule has 48 heavy (non-hydrogen) atoms. The summed E-state index contributed by atoms with van der Waals surface area (Å²) in [6, 6.07) is 21.0. The van der Waals surface area contributed by atoms with Crippen LogP contribution in [0.25, 0.3) is 11.1 Å². The van der Waals surface area contributed by atoms with Gasteiger partial charge >= 0.3 is 6.09 Å². The second-order valence-electron chi connectivity index (χ2n) is 13.0. The van der Waals surface area contributed by atoms with Crippen LogP contribution in [0.3, 0.4) is 0 Å². The zero-order valence-corrected chi connectivity index (χ0v) is 27.1. The zero-order valence-electron chi connectivity index (χ0n) is 27.1. The monoisotopic (exact) mass is 655 g/mol. The number of rotatable bonds is 11. The number of benzene rings is 3. The molecule has 11 heteroatoms. The number of amides is 3. The summed E-state index contributed by atoms with van der Waals surface area (Å²) in [6.45, 7) is 3.22. The van der Waals surface area contributed by atoms with E-state index < -0.39 is 12.2 Å². The summed E-state index contributed by atoms with van der Waals surface area (Å²) in [5.74, 6) is -0.141. The Balaban J connectivity index is 0.870. The van der Waals surface area contributed by atoms with E-state index in [-0.39, 0.29) is 35.6 Å². The topological polar surface area (TPSA) is 152 Å². The van der Waals surface area contributed by atoms with E-state index in [1.54, 1.807) is 6.07 Å². The minimum Gasteiger partial charge on any atom is -0.506 e. The van der Waals surface area contributed by atoms with Gasteiger partial charge in [-0.25, -0.2) is 4.79 Å². The van der Waals surface area contributed by atoms with Gasteiger partial charge in [0.05, 0.1) is 17.5 Å². The van der Waals surface area contributed by atoms with Crippen LogP contribution in [0.2, 0.25) is 0 Å². The molecule has 2 fully saturated rings. The normalized spacial score (nSPS) is 20.4. The van der Waals surface area contributed by atoms with Crippen molar-refractivity contribution in [2.75, 3.05) is 43.4 Å². The van der Waals surface area contributed by atoms with Crippen LogP contribution < -0.4 is 21.3 Å². The molecular weight excluding hydrogens is 610 g/mol. The van der Waals surface area contributed by atoms with Crippen molar-refractivity contribution in [2.45, 2.75) is 63.2 Å². The maximum atomic E-state index is 12.9. The van der Waals surface area contributed by atoms with E-state index in [2.05, 4.69) is 26.2 Å². The lowest BCUT2D eigenvalue weighted by Crippen LogP contribution is -2.43. The van der Waals surface area contributed by atoms with Gasteiger partial charge in [0, 0.05) is 56.7 Å². The molecule has 1 saturated heterocycles. The molecule has 254 valence electrons. The Morgan fingerprint density at radius 3 is 2.54 bits per heavy atom. The van der Waals surface area contributed by atoms with E-state index in [0.717, 1.165) is 62.0 Å². The number of ether oxygens (including phenoxy) is 1. The molecule has 2 heterocycles. The van der Waals surface area contributed by atoms with Crippen LogP contribution in [0, 0.1) is 5.92 Å².